The molecular weight excluding hydrogens is 605 g/mol. The topological polar surface area (TPSA) is 88.8 Å². The third-order valence-electron chi connectivity index (χ3n) is 8.66. The molecule has 0 saturated carbocycles. The van der Waals surface area contributed by atoms with E-state index in [9.17, 15) is 14.7 Å². The van der Waals surface area contributed by atoms with Crippen LogP contribution in [0.3, 0.4) is 0 Å². The van der Waals surface area contributed by atoms with Crippen LogP contribution >= 0.6 is 7.26 Å². The van der Waals surface area contributed by atoms with Crippen LogP contribution in [0.25, 0.3) is 22.3 Å². The van der Waals surface area contributed by atoms with Crippen molar-refractivity contribution < 1.29 is 19.1 Å². The molecule has 7 heteroatoms. The Hall–Kier alpha value is -5.19. The van der Waals surface area contributed by atoms with Crippen LogP contribution in [0.2, 0.25) is 0 Å². The standard InChI is InChI=1S/C40H38NO5P/c1-2-41-40(44)46-36-26-25-34-35(42)28-37(45-39(34)38(36)43)30-23-21-29(22-24-30)14-12-13-27-47(31-15-6-3-7-16-31,32-17-8-4-9-18-32)33-19-10-5-11-20-33/h3-11,15-26,28,43,47H,2,12-14,27H2,1H3,(H,41,44). The van der Waals surface area contributed by atoms with E-state index in [-0.39, 0.29) is 22.1 Å². The van der Waals surface area contributed by atoms with E-state index in [4.69, 9.17) is 9.15 Å². The third-order valence-corrected chi connectivity index (χ3v) is 13.7. The summed E-state index contributed by atoms with van der Waals surface area (Å²) in [6.45, 7) is 2.13. The Morgan fingerprint density at radius 1 is 0.766 bits per heavy atom. The summed E-state index contributed by atoms with van der Waals surface area (Å²) in [7, 11) is -2.26. The average Bonchev–Trinajstić information content (AvgIpc) is 3.11. The zero-order chi connectivity index (χ0) is 32.6. The fraction of sp³-hybridized carbons (Fsp3) is 0.150. The van der Waals surface area contributed by atoms with Gasteiger partial charge >= 0.3 is 224 Å². The number of hydrogen-bond acceptors (Lipinski definition) is 5. The number of phenolic OH excluding ortho intramolecular Hbond substituents is 1. The van der Waals surface area contributed by atoms with Crippen LogP contribution < -0.4 is 31.4 Å². The van der Waals surface area contributed by atoms with Gasteiger partial charge < -0.3 is 15.2 Å². The summed E-state index contributed by atoms with van der Waals surface area (Å²) in [6, 6.07) is 45.3. The number of fused-ring (bicyclic) bond motifs is 1. The molecule has 0 spiro atoms. The van der Waals surface area contributed by atoms with Gasteiger partial charge in [-0.15, -0.1) is 0 Å². The van der Waals surface area contributed by atoms with E-state index in [1.165, 1.54) is 39.7 Å². The summed E-state index contributed by atoms with van der Waals surface area (Å²) in [5, 5.41) is 17.7. The minimum atomic E-state index is -2.26. The molecule has 0 fully saturated rings. The maximum absolute atomic E-state index is 12.9. The molecule has 5 aromatic carbocycles. The molecule has 238 valence electrons. The van der Waals surface area contributed by atoms with E-state index in [1.54, 1.807) is 6.92 Å². The van der Waals surface area contributed by atoms with Gasteiger partial charge in [0.15, 0.2) is 5.75 Å². The van der Waals surface area contributed by atoms with Gasteiger partial charge in [0, 0.05) is 6.54 Å². The van der Waals surface area contributed by atoms with Gasteiger partial charge in [0.2, 0.25) is 0 Å². The maximum atomic E-state index is 12.9. The molecule has 1 amide bonds. The number of phenols is 1. The van der Waals surface area contributed by atoms with Gasteiger partial charge in [-0.25, -0.2) is 4.79 Å². The van der Waals surface area contributed by atoms with Crippen molar-refractivity contribution in [3.8, 4) is 22.8 Å². The van der Waals surface area contributed by atoms with Crippen molar-refractivity contribution in [3.63, 3.8) is 0 Å². The van der Waals surface area contributed by atoms with Crippen molar-refractivity contribution in [1.29, 1.82) is 0 Å². The van der Waals surface area contributed by atoms with Crippen molar-refractivity contribution in [2.24, 2.45) is 0 Å². The van der Waals surface area contributed by atoms with Gasteiger partial charge in [0.1, 0.15) is 0 Å². The molecule has 0 saturated heterocycles. The number of ether oxygens (including phenoxy) is 1. The van der Waals surface area contributed by atoms with Crippen molar-refractivity contribution in [2.45, 2.75) is 26.2 Å². The summed E-state index contributed by atoms with van der Waals surface area (Å²) in [5.74, 6) is -0.160. The summed E-state index contributed by atoms with van der Waals surface area (Å²) >= 11 is 0. The predicted molar refractivity (Wildman–Crippen MR) is 194 cm³/mol. The minimum Gasteiger partial charge on any atom is -0.502 e. The van der Waals surface area contributed by atoms with Crippen LogP contribution in [0.1, 0.15) is 25.3 Å². The molecule has 6 nitrogen and oxygen atoms in total. The van der Waals surface area contributed by atoms with E-state index in [0.29, 0.717) is 17.9 Å². The Kier molecular flexibility index (Phi) is 9.80. The Balaban J connectivity index is 1.20. The molecule has 0 radical (unpaired) electrons. The molecule has 6 aromatic rings. The molecule has 0 aliphatic heterocycles. The van der Waals surface area contributed by atoms with Gasteiger partial charge in [-0.3, -0.25) is 0 Å². The van der Waals surface area contributed by atoms with Gasteiger partial charge in [-0.1, -0.05) is 0 Å². The molecule has 0 aliphatic rings. The normalized spacial score (nSPS) is 11.7. The first-order valence-corrected chi connectivity index (χ1v) is 18.2. The quantitative estimate of drug-likeness (QED) is 0.114. The molecule has 0 bridgehead atoms. The van der Waals surface area contributed by atoms with Crippen molar-refractivity contribution in [1.82, 2.24) is 5.32 Å². The van der Waals surface area contributed by atoms with Gasteiger partial charge in [-0.2, -0.15) is 0 Å². The molecule has 1 heterocycles. The molecule has 47 heavy (non-hydrogen) atoms. The summed E-state index contributed by atoms with van der Waals surface area (Å²) in [6.07, 6.45) is 3.43. The summed E-state index contributed by atoms with van der Waals surface area (Å²) in [4.78, 5) is 24.8. The third kappa shape index (κ3) is 6.84. The Morgan fingerprint density at radius 2 is 1.34 bits per heavy atom. The molecule has 6 rings (SSSR count). The second-order valence-electron chi connectivity index (χ2n) is 11.6. The second kappa shape index (κ2) is 14.5. The minimum absolute atomic E-state index is 0.0266. The molecular formula is C40H38NO5P. The fourth-order valence-electron chi connectivity index (χ4n) is 6.35. The van der Waals surface area contributed by atoms with Crippen LogP contribution in [-0.4, -0.2) is 23.9 Å². The first kappa shape index (κ1) is 31.8. The van der Waals surface area contributed by atoms with E-state index in [0.717, 1.165) is 25.4 Å². The zero-order valence-corrected chi connectivity index (χ0v) is 27.3. The number of rotatable bonds is 11. The number of nitrogens with one attached hydrogen (secondary N) is 1. The SMILES string of the molecule is CCNC(=O)Oc1ccc2c(=O)cc(-c3ccc(CCCC[PH](c4ccccc4)(c4ccccc4)c4ccccc4)cc3)oc2c1O. The number of amides is 1. The van der Waals surface area contributed by atoms with Crippen LogP contribution in [0.15, 0.2) is 143 Å². The van der Waals surface area contributed by atoms with E-state index in [2.05, 4.69) is 108 Å². The van der Waals surface area contributed by atoms with Crippen molar-refractivity contribution in [2.75, 3.05) is 12.7 Å². The van der Waals surface area contributed by atoms with Crippen LogP contribution in [0.4, 0.5) is 4.79 Å². The molecule has 0 atom stereocenters. The van der Waals surface area contributed by atoms with Crippen molar-refractivity contribution in [3.05, 3.63) is 149 Å². The predicted octanol–water partition coefficient (Wildman–Crippen LogP) is 7.32. The number of aryl methyl sites for hydroxylation is 1. The van der Waals surface area contributed by atoms with E-state index < -0.39 is 19.1 Å². The van der Waals surface area contributed by atoms with Crippen LogP contribution in [0, 0.1) is 0 Å². The second-order valence-corrected chi connectivity index (χ2v) is 15.6. The summed E-state index contributed by atoms with van der Waals surface area (Å²) < 4.78 is 11.2. The molecule has 0 unspecified atom stereocenters. The fourth-order valence-corrected chi connectivity index (χ4v) is 11.3. The smallest absolute Gasteiger partial charge is 0.502 e. The van der Waals surface area contributed by atoms with Crippen molar-refractivity contribution >= 4 is 40.2 Å². The van der Waals surface area contributed by atoms with Gasteiger partial charge in [0.05, 0.1) is 0 Å². The van der Waals surface area contributed by atoms with Crippen LogP contribution in [-0.2, 0) is 6.42 Å². The first-order chi connectivity index (χ1) is 23.0. The number of aromatic hydroxyl groups is 1. The molecule has 2 N–H and O–H groups in total. The number of carbonyl (C=O) groups is 1. The van der Waals surface area contributed by atoms with E-state index >= 15 is 0 Å². The number of unbranched alkanes of at least 4 members (excludes halogenated alkanes) is 1. The number of benzene rings is 5. The zero-order valence-electron chi connectivity index (χ0n) is 26.3. The summed E-state index contributed by atoms with van der Waals surface area (Å²) in [5.41, 5.74) is 1.59. The van der Waals surface area contributed by atoms with E-state index in [1.807, 2.05) is 12.1 Å². The average molecular weight is 644 g/mol. The number of hydrogen-bond donors (Lipinski definition) is 2. The van der Waals surface area contributed by atoms with Gasteiger partial charge in [-0.05, 0) is 19.1 Å². The Labute approximate surface area is 275 Å². The molecule has 0 aliphatic carbocycles. The molecule has 1 aromatic heterocycles. The van der Waals surface area contributed by atoms with Gasteiger partial charge in [0.25, 0.3) is 0 Å². The Morgan fingerprint density at radius 3 is 1.89 bits per heavy atom. The Bertz CT molecular complexity index is 1910. The monoisotopic (exact) mass is 643 g/mol. The van der Waals surface area contributed by atoms with Crippen LogP contribution in [0.5, 0.6) is 11.5 Å². The first-order valence-electron chi connectivity index (χ1n) is 16.0. The number of carbonyl (C=O) groups excluding carboxylic acids is 1.